The molecule has 0 aliphatic heterocycles. The van der Waals surface area contributed by atoms with Gasteiger partial charge in [-0.2, -0.15) is 18.0 Å². The number of fused-ring (bicyclic) bond motifs is 1. The van der Waals surface area contributed by atoms with E-state index in [0.29, 0.717) is 22.9 Å². The summed E-state index contributed by atoms with van der Waals surface area (Å²) in [7, 11) is -2.55. The highest BCUT2D eigenvalue weighted by Gasteiger charge is 2.42. The van der Waals surface area contributed by atoms with Crippen LogP contribution in [0.3, 0.4) is 0 Å². The molecule has 1 aliphatic carbocycles. The Morgan fingerprint density at radius 1 is 1.26 bits per heavy atom. The van der Waals surface area contributed by atoms with Gasteiger partial charge in [0.25, 0.3) is 0 Å². The smallest absolute Gasteiger partial charge is 0.333 e. The Morgan fingerprint density at radius 3 is 2.77 bits per heavy atom. The molecule has 4 rings (SSSR count). The summed E-state index contributed by atoms with van der Waals surface area (Å²) in [5.74, 6) is 0.618. The Morgan fingerprint density at radius 2 is 2.03 bits per heavy atom. The lowest BCUT2D eigenvalue weighted by Crippen LogP contribution is -2.36. The van der Waals surface area contributed by atoms with Crippen molar-refractivity contribution in [3.8, 4) is 17.0 Å². The molecule has 1 fully saturated rings. The average molecular weight is 449 g/mol. The summed E-state index contributed by atoms with van der Waals surface area (Å²) in [4.78, 5) is 4.33. The van der Waals surface area contributed by atoms with Crippen molar-refractivity contribution in [2.45, 2.75) is 24.7 Å². The van der Waals surface area contributed by atoms with Gasteiger partial charge < -0.3 is 20.3 Å². The van der Waals surface area contributed by atoms with Crippen LogP contribution in [0.2, 0.25) is 0 Å². The monoisotopic (exact) mass is 449 g/mol. The number of methoxy groups -OCH3 is 1. The third-order valence-electron chi connectivity index (χ3n) is 5.32. The molecule has 31 heavy (non-hydrogen) atoms. The van der Waals surface area contributed by atoms with E-state index >= 15 is 0 Å². The van der Waals surface area contributed by atoms with Crippen LogP contribution in [0.1, 0.15) is 6.42 Å². The summed E-state index contributed by atoms with van der Waals surface area (Å²) in [6, 6.07) is 10.4. The van der Waals surface area contributed by atoms with Crippen molar-refractivity contribution in [1.29, 1.82) is 0 Å². The van der Waals surface area contributed by atoms with Gasteiger partial charge in [0.05, 0.1) is 31.6 Å². The third-order valence-corrected chi connectivity index (χ3v) is 5.79. The third kappa shape index (κ3) is 4.48. The van der Waals surface area contributed by atoms with Gasteiger partial charge in [0, 0.05) is 23.7 Å². The molecule has 0 unspecified atom stereocenters. The number of hydrogen-bond donors (Lipinski definition) is 4. The Bertz CT molecular complexity index is 1180. The van der Waals surface area contributed by atoms with Gasteiger partial charge in [-0.1, -0.05) is 12.1 Å². The molecule has 1 saturated carbocycles. The summed E-state index contributed by atoms with van der Waals surface area (Å²) < 4.78 is 33.6. The van der Waals surface area contributed by atoms with Crippen LogP contribution in [0.4, 0.5) is 5.82 Å². The number of benzene rings is 1. The zero-order chi connectivity index (χ0) is 22.2. The number of rotatable bonds is 7. The summed E-state index contributed by atoms with van der Waals surface area (Å²) in [5.41, 5.74) is 2.04. The fourth-order valence-corrected chi connectivity index (χ4v) is 4.16. The van der Waals surface area contributed by atoms with Crippen molar-refractivity contribution in [3.05, 3.63) is 42.6 Å². The first-order valence-electron chi connectivity index (χ1n) is 9.55. The lowest BCUT2D eigenvalue weighted by Gasteiger charge is -2.19. The quantitative estimate of drug-likeness (QED) is 0.393. The Labute approximate surface area is 178 Å². The standard InChI is InChI=1S/C19H23N5O6S/c1-29-15-5-3-2-4-12(15)13-9-17-21-7-6-16(24(17)23-13)22-14-8-11(18(25)19(14)26)10-30-31(20,27)28/h2-7,9,11,14,18-19,22,25-26H,8,10H2,1H3,(H2,20,27,28)/t11-,14-,18-,19+/m1/s1. The van der Waals surface area contributed by atoms with E-state index in [1.165, 1.54) is 0 Å². The fraction of sp³-hybridized carbons (Fsp3) is 0.368. The van der Waals surface area contributed by atoms with Crippen LogP contribution in [0.25, 0.3) is 16.9 Å². The second kappa shape index (κ2) is 8.40. The van der Waals surface area contributed by atoms with Crippen molar-refractivity contribution in [2.75, 3.05) is 19.0 Å². The van der Waals surface area contributed by atoms with Crippen molar-refractivity contribution in [3.63, 3.8) is 0 Å². The molecule has 0 saturated heterocycles. The number of ether oxygens (including phenoxy) is 1. The van der Waals surface area contributed by atoms with Gasteiger partial charge in [-0.25, -0.2) is 10.1 Å². The maximum Gasteiger partial charge on any atom is 0.333 e. The molecule has 0 amide bonds. The topological polar surface area (TPSA) is 161 Å². The first kappa shape index (κ1) is 21.5. The highest BCUT2D eigenvalue weighted by atomic mass is 32.2. The number of aromatic nitrogens is 3. The van der Waals surface area contributed by atoms with Crippen LogP contribution < -0.4 is 15.2 Å². The zero-order valence-corrected chi connectivity index (χ0v) is 17.4. The molecule has 12 heteroatoms. The minimum absolute atomic E-state index is 0.266. The predicted octanol–water partition coefficient (Wildman–Crippen LogP) is 0.147. The van der Waals surface area contributed by atoms with Gasteiger partial charge in [-0.15, -0.1) is 0 Å². The van der Waals surface area contributed by atoms with Crippen LogP contribution >= 0.6 is 0 Å². The second-order valence-corrected chi connectivity index (χ2v) is 8.56. The highest BCUT2D eigenvalue weighted by molar-refractivity contribution is 7.84. The van der Waals surface area contributed by atoms with E-state index in [1.807, 2.05) is 30.3 Å². The fourth-order valence-electron chi connectivity index (χ4n) is 3.80. The number of aliphatic hydroxyl groups excluding tert-OH is 2. The summed E-state index contributed by atoms with van der Waals surface area (Å²) >= 11 is 0. The highest BCUT2D eigenvalue weighted by Crippen LogP contribution is 2.32. The summed E-state index contributed by atoms with van der Waals surface area (Å²) in [6.45, 7) is -0.319. The summed E-state index contributed by atoms with van der Waals surface area (Å²) in [6.07, 6.45) is -0.438. The average Bonchev–Trinajstić information content (AvgIpc) is 3.29. The van der Waals surface area contributed by atoms with Gasteiger partial charge in [-0.3, -0.25) is 4.18 Å². The van der Waals surface area contributed by atoms with E-state index in [0.717, 1.165) is 5.56 Å². The number of para-hydroxylation sites is 1. The van der Waals surface area contributed by atoms with Crippen LogP contribution in [0.15, 0.2) is 42.6 Å². The van der Waals surface area contributed by atoms with Crippen LogP contribution in [0.5, 0.6) is 5.75 Å². The second-order valence-electron chi connectivity index (χ2n) is 7.34. The van der Waals surface area contributed by atoms with Crippen molar-refractivity contribution in [1.82, 2.24) is 14.6 Å². The van der Waals surface area contributed by atoms with Gasteiger partial charge in [-0.05, 0) is 24.6 Å². The number of anilines is 1. The van der Waals surface area contributed by atoms with E-state index in [2.05, 4.69) is 19.6 Å². The number of aliphatic hydroxyl groups is 2. The maximum absolute atomic E-state index is 11.0. The number of nitrogens with one attached hydrogen (secondary N) is 1. The van der Waals surface area contributed by atoms with Crippen molar-refractivity contribution >= 4 is 21.8 Å². The minimum Gasteiger partial charge on any atom is -0.496 e. The molecule has 3 aromatic rings. The number of hydrogen-bond acceptors (Lipinski definition) is 9. The molecule has 1 aromatic carbocycles. The van der Waals surface area contributed by atoms with E-state index in [-0.39, 0.29) is 13.0 Å². The Balaban J connectivity index is 1.58. The Hall–Kier alpha value is -2.77. The number of nitrogens with zero attached hydrogens (tertiary/aromatic N) is 3. The van der Waals surface area contributed by atoms with E-state index < -0.39 is 34.5 Å². The molecular formula is C19H23N5O6S. The van der Waals surface area contributed by atoms with Crippen LogP contribution in [0, 0.1) is 5.92 Å². The zero-order valence-electron chi connectivity index (χ0n) is 16.6. The summed E-state index contributed by atoms with van der Waals surface area (Å²) in [5, 5.41) is 33.3. The van der Waals surface area contributed by atoms with E-state index in [4.69, 9.17) is 9.88 Å². The van der Waals surface area contributed by atoms with Crippen molar-refractivity contribution in [2.24, 2.45) is 11.1 Å². The molecule has 0 spiro atoms. The first-order chi connectivity index (χ1) is 14.8. The van der Waals surface area contributed by atoms with E-state index in [1.54, 1.807) is 23.9 Å². The van der Waals surface area contributed by atoms with Crippen LogP contribution in [-0.4, -0.2) is 65.2 Å². The molecule has 1 aliphatic rings. The van der Waals surface area contributed by atoms with Gasteiger partial charge in [0.2, 0.25) is 0 Å². The molecule has 2 aromatic heterocycles. The maximum atomic E-state index is 11.0. The molecule has 4 atom stereocenters. The first-order valence-corrected chi connectivity index (χ1v) is 11.0. The van der Waals surface area contributed by atoms with Crippen LogP contribution in [-0.2, 0) is 14.5 Å². The molecule has 11 nitrogen and oxygen atoms in total. The normalized spacial score (nSPS) is 23.9. The molecule has 2 heterocycles. The molecule has 166 valence electrons. The minimum atomic E-state index is -4.13. The lowest BCUT2D eigenvalue weighted by atomic mass is 10.1. The Kier molecular flexibility index (Phi) is 5.81. The molecule has 0 radical (unpaired) electrons. The van der Waals surface area contributed by atoms with Crippen molar-refractivity contribution < 1.29 is 27.6 Å². The predicted molar refractivity (Wildman–Crippen MR) is 112 cm³/mol. The van der Waals surface area contributed by atoms with E-state index in [9.17, 15) is 18.6 Å². The molecule has 0 bridgehead atoms. The molecular weight excluding hydrogens is 426 g/mol. The SMILES string of the molecule is COc1ccccc1-c1cc2nccc(N[C@@H]3C[C@H](COS(N)(=O)=O)[C@@H](O)[C@H]3O)n2n1. The van der Waals surface area contributed by atoms with Gasteiger partial charge in [0.15, 0.2) is 5.65 Å². The largest absolute Gasteiger partial charge is 0.496 e. The van der Waals surface area contributed by atoms with Gasteiger partial charge in [0.1, 0.15) is 17.7 Å². The lowest BCUT2D eigenvalue weighted by molar-refractivity contribution is 0.00777. The number of nitrogens with two attached hydrogens (primary N) is 1. The molecule has 5 N–H and O–H groups in total. The van der Waals surface area contributed by atoms with Gasteiger partial charge >= 0.3 is 10.3 Å².